The van der Waals surface area contributed by atoms with Crippen molar-refractivity contribution in [2.75, 3.05) is 11.7 Å². The van der Waals surface area contributed by atoms with Gasteiger partial charge in [-0.1, -0.05) is 66.7 Å². The van der Waals surface area contributed by atoms with Gasteiger partial charge in [-0.25, -0.2) is 4.79 Å². The van der Waals surface area contributed by atoms with Gasteiger partial charge < -0.3 is 10.2 Å². The highest BCUT2D eigenvalue weighted by Crippen LogP contribution is 2.34. The summed E-state index contributed by atoms with van der Waals surface area (Å²) < 4.78 is 0. The number of thioether (sulfide) groups is 1. The van der Waals surface area contributed by atoms with Gasteiger partial charge in [-0.3, -0.25) is 0 Å². The predicted molar refractivity (Wildman–Crippen MR) is 111 cm³/mol. The summed E-state index contributed by atoms with van der Waals surface area (Å²) in [4.78, 5) is 12.8. The van der Waals surface area contributed by atoms with E-state index in [1.807, 2.05) is 48.5 Å². The quantitative estimate of drug-likeness (QED) is 0.338. The van der Waals surface area contributed by atoms with E-state index in [2.05, 4.69) is 24.3 Å². The highest BCUT2D eigenvalue weighted by atomic mass is 32.2. The Kier molecular flexibility index (Phi) is 6.31. The predicted octanol–water partition coefficient (Wildman–Crippen LogP) is 4.63. The van der Waals surface area contributed by atoms with E-state index in [1.165, 1.54) is 15.7 Å². The molecular weight excluding hydrogens is 363 g/mol. The molecule has 134 valence electrons. The molecule has 26 heavy (non-hydrogen) atoms. The number of hydrogen-bond acceptors (Lipinski definition) is 3. The summed E-state index contributed by atoms with van der Waals surface area (Å²) in [7, 11) is 0.357. The van der Waals surface area contributed by atoms with Gasteiger partial charge in [-0.15, -0.1) is 20.3 Å². The number of carboxylic acids is 1. The number of carboxylic acid groups (broad SMARTS) is 1. The third-order valence-corrected chi connectivity index (χ3v) is 7.13. The maximum absolute atomic E-state index is 11.6. The summed E-state index contributed by atoms with van der Waals surface area (Å²) in [5.41, 5.74) is -0.0822. The van der Waals surface area contributed by atoms with Crippen LogP contribution in [0.5, 0.6) is 0 Å². The first-order valence-corrected chi connectivity index (χ1v) is 10.8. The van der Waals surface area contributed by atoms with E-state index in [0.29, 0.717) is 8.58 Å². The van der Waals surface area contributed by atoms with Crippen molar-refractivity contribution in [1.82, 2.24) is 0 Å². The summed E-state index contributed by atoms with van der Waals surface area (Å²) in [6.07, 6.45) is 0.393. The summed E-state index contributed by atoms with van der Waals surface area (Å²) in [5, 5.41) is 22.5. The molecular formula is C21H21O3PS. The van der Waals surface area contributed by atoms with Crippen molar-refractivity contribution in [2.45, 2.75) is 16.9 Å². The van der Waals surface area contributed by atoms with Crippen LogP contribution in [0.25, 0.3) is 10.8 Å². The zero-order valence-electron chi connectivity index (χ0n) is 14.3. The molecule has 0 amide bonds. The first kappa shape index (κ1) is 18.9. The van der Waals surface area contributed by atoms with Crippen LogP contribution in [0, 0.1) is 0 Å². The first-order chi connectivity index (χ1) is 12.6. The fraction of sp³-hybridized carbons (Fsp3) is 0.190. The molecule has 0 fully saturated rings. The normalized spacial score (nSPS) is 13.9. The average Bonchev–Trinajstić information content (AvgIpc) is 2.66. The largest absolute Gasteiger partial charge is 0.479 e. The second-order valence-corrected chi connectivity index (χ2v) is 8.93. The minimum Gasteiger partial charge on any atom is -0.479 e. The van der Waals surface area contributed by atoms with Crippen LogP contribution in [-0.4, -0.2) is 33.4 Å². The summed E-state index contributed by atoms with van der Waals surface area (Å²) in [5.74, 6) is -1.15. The van der Waals surface area contributed by atoms with Gasteiger partial charge in [0.2, 0.25) is 0 Å². The molecule has 0 saturated heterocycles. The van der Waals surface area contributed by atoms with Gasteiger partial charge in [-0.2, -0.15) is 0 Å². The molecule has 0 aliphatic heterocycles. The lowest BCUT2D eigenvalue weighted by Crippen LogP contribution is -2.43. The Bertz CT molecular complexity index is 879. The topological polar surface area (TPSA) is 57.5 Å². The van der Waals surface area contributed by atoms with Crippen LogP contribution in [-0.2, 0) is 11.2 Å². The van der Waals surface area contributed by atoms with Gasteiger partial charge in [0.05, 0.1) is 0 Å². The Balaban J connectivity index is 1.61. The Labute approximate surface area is 159 Å². The lowest BCUT2D eigenvalue weighted by atomic mass is 9.97. The molecule has 0 radical (unpaired) electrons. The van der Waals surface area contributed by atoms with Crippen molar-refractivity contribution >= 4 is 37.1 Å². The molecule has 2 unspecified atom stereocenters. The van der Waals surface area contributed by atoms with Crippen LogP contribution in [0.1, 0.15) is 5.56 Å². The van der Waals surface area contributed by atoms with Crippen molar-refractivity contribution in [3.05, 3.63) is 78.4 Å². The van der Waals surface area contributed by atoms with Crippen LogP contribution in [0.15, 0.2) is 77.7 Å². The minimum absolute atomic E-state index is 0.134. The fourth-order valence-corrected chi connectivity index (χ4v) is 5.50. The molecule has 0 heterocycles. The van der Waals surface area contributed by atoms with Gasteiger partial charge >= 0.3 is 5.97 Å². The molecule has 0 aliphatic carbocycles. The minimum atomic E-state index is -1.71. The number of aliphatic carboxylic acids is 1. The van der Waals surface area contributed by atoms with Crippen LogP contribution in [0.2, 0.25) is 0 Å². The van der Waals surface area contributed by atoms with Crippen molar-refractivity contribution in [2.24, 2.45) is 0 Å². The molecule has 0 aliphatic rings. The highest BCUT2D eigenvalue weighted by molar-refractivity contribution is 8.03. The van der Waals surface area contributed by atoms with Crippen molar-refractivity contribution < 1.29 is 15.0 Å². The summed E-state index contributed by atoms with van der Waals surface area (Å²) in [6, 6.07) is 23.7. The maximum atomic E-state index is 11.6. The second-order valence-electron chi connectivity index (χ2n) is 6.19. The van der Waals surface area contributed by atoms with Crippen molar-refractivity contribution in [3.8, 4) is 0 Å². The molecule has 0 bridgehead atoms. The Morgan fingerprint density at radius 2 is 1.65 bits per heavy atom. The number of aliphatic hydroxyl groups is 1. The zero-order valence-corrected chi connectivity index (χ0v) is 16.1. The number of rotatable bonds is 8. The van der Waals surface area contributed by atoms with Gasteiger partial charge in [0.15, 0.2) is 5.60 Å². The molecule has 3 nitrogen and oxygen atoms in total. The number of fused-ring (bicyclic) bond motifs is 1. The van der Waals surface area contributed by atoms with Gasteiger partial charge in [-0.05, 0) is 22.4 Å². The van der Waals surface area contributed by atoms with Gasteiger partial charge in [0.1, 0.15) is 0 Å². The van der Waals surface area contributed by atoms with Gasteiger partial charge in [0, 0.05) is 23.0 Å². The monoisotopic (exact) mass is 384 g/mol. The maximum Gasteiger partial charge on any atom is 0.336 e. The molecule has 2 N–H and O–H groups in total. The highest BCUT2D eigenvalue weighted by Gasteiger charge is 2.35. The lowest BCUT2D eigenvalue weighted by Gasteiger charge is -2.23. The van der Waals surface area contributed by atoms with Crippen molar-refractivity contribution in [1.29, 1.82) is 0 Å². The molecule has 0 saturated carbocycles. The van der Waals surface area contributed by atoms with E-state index >= 15 is 0 Å². The zero-order chi connectivity index (χ0) is 18.4. The third-order valence-electron chi connectivity index (χ3n) is 4.23. The molecule has 3 rings (SSSR count). The lowest BCUT2D eigenvalue weighted by molar-refractivity contribution is -0.155. The summed E-state index contributed by atoms with van der Waals surface area (Å²) >= 11 is 1.72. The Morgan fingerprint density at radius 1 is 0.962 bits per heavy atom. The van der Waals surface area contributed by atoms with E-state index in [0.717, 1.165) is 11.1 Å². The van der Waals surface area contributed by atoms with E-state index in [1.54, 1.807) is 11.8 Å². The smallest absolute Gasteiger partial charge is 0.336 e. The SMILES string of the molecule is O=C(O)C(O)(CPCSc1cccc2ccccc12)Cc1ccccc1. The van der Waals surface area contributed by atoms with E-state index in [9.17, 15) is 15.0 Å². The number of hydrogen-bond donors (Lipinski definition) is 2. The van der Waals surface area contributed by atoms with Crippen LogP contribution >= 0.6 is 20.3 Å². The molecule has 0 spiro atoms. The van der Waals surface area contributed by atoms with E-state index in [4.69, 9.17) is 0 Å². The third kappa shape index (κ3) is 4.64. The number of benzene rings is 3. The Morgan fingerprint density at radius 3 is 2.42 bits per heavy atom. The van der Waals surface area contributed by atoms with Gasteiger partial charge in [0.25, 0.3) is 0 Å². The molecule has 5 heteroatoms. The molecule has 2 atom stereocenters. The second kappa shape index (κ2) is 8.68. The molecule has 3 aromatic rings. The van der Waals surface area contributed by atoms with E-state index < -0.39 is 11.6 Å². The molecule has 0 aromatic heterocycles. The standard InChI is InChI=1S/C21H21O3PS/c22-20(23)21(24,13-16-7-2-1-3-8-16)14-25-15-26-19-12-6-10-17-9-4-5-11-18(17)19/h1-12,24-25H,13-15H2,(H,22,23). The van der Waals surface area contributed by atoms with Crippen LogP contribution < -0.4 is 0 Å². The van der Waals surface area contributed by atoms with Crippen LogP contribution in [0.3, 0.4) is 0 Å². The van der Waals surface area contributed by atoms with Crippen molar-refractivity contribution in [3.63, 3.8) is 0 Å². The summed E-state index contributed by atoms with van der Waals surface area (Å²) in [6.45, 7) is 0. The van der Waals surface area contributed by atoms with Crippen LogP contribution in [0.4, 0.5) is 0 Å². The first-order valence-electron chi connectivity index (χ1n) is 8.39. The fourth-order valence-electron chi connectivity index (χ4n) is 2.86. The average molecular weight is 384 g/mol. The number of carbonyl (C=O) groups is 1. The van der Waals surface area contributed by atoms with E-state index in [-0.39, 0.29) is 12.6 Å². The Hall–Kier alpha value is -1.87. The molecule has 3 aromatic carbocycles.